The molecule has 2 rings (SSSR count). The molecule has 1 aromatic rings. The van der Waals surface area contributed by atoms with Crippen LogP contribution in [-0.2, 0) is 11.2 Å². The second kappa shape index (κ2) is 6.68. The van der Waals surface area contributed by atoms with Crippen LogP contribution in [0.4, 0.5) is 0 Å². The molecule has 0 bridgehead atoms. The first kappa shape index (κ1) is 14.0. The number of nitrogens with zero attached hydrogens (tertiary/aromatic N) is 1. The van der Waals surface area contributed by atoms with Crippen molar-refractivity contribution >= 4 is 5.78 Å². The molecule has 1 aliphatic rings. The van der Waals surface area contributed by atoms with E-state index in [1.54, 1.807) is 7.11 Å². The lowest BCUT2D eigenvalue weighted by atomic mass is 10.0. The van der Waals surface area contributed by atoms with Gasteiger partial charge in [0.25, 0.3) is 0 Å². The van der Waals surface area contributed by atoms with Gasteiger partial charge in [0.2, 0.25) is 0 Å². The van der Waals surface area contributed by atoms with Crippen LogP contribution < -0.4 is 4.74 Å². The van der Waals surface area contributed by atoms with Crippen molar-refractivity contribution in [3.8, 4) is 5.75 Å². The molecule has 0 unspecified atom stereocenters. The van der Waals surface area contributed by atoms with Crippen LogP contribution in [0.3, 0.4) is 0 Å². The third-order valence-corrected chi connectivity index (χ3v) is 3.45. The highest BCUT2D eigenvalue weighted by Gasteiger charge is 2.16. The van der Waals surface area contributed by atoms with E-state index in [1.165, 1.54) is 0 Å². The summed E-state index contributed by atoms with van der Waals surface area (Å²) in [5, 5.41) is 0. The van der Waals surface area contributed by atoms with E-state index in [0.717, 1.165) is 49.6 Å². The highest BCUT2D eigenvalue weighted by atomic mass is 16.5. The normalized spacial score (nSPS) is 16.3. The van der Waals surface area contributed by atoms with Gasteiger partial charge < -0.3 is 9.47 Å². The fraction of sp³-hybridized carbons (Fsp3) is 0.533. The van der Waals surface area contributed by atoms with Crippen molar-refractivity contribution in [2.24, 2.45) is 0 Å². The lowest BCUT2D eigenvalue weighted by molar-refractivity contribution is 0.0371. The van der Waals surface area contributed by atoms with Crippen molar-refractivity contribution in [1.29, 1.82) is 0 Å². The molecule has 1 aromatic carbocycles. The van der Waals surface area contributed by atoms with Crippen molar-refractivity contribution in [2.75, 3.05) is 40.0 Å². The number of hydrogen-bond donors (Lipinski definition) is 0. The molecule has 0 aromatic heterocycles. The Bertz CT molecular complexity index is 439. The van der Waals surface area contributed by atoms with Crippen LogP contribution in [0.15, 0.2) is 18.2 Å². The van der Waals surface area contributed by atoms with Gasteiger partial charge in [0.15, 0.2) is 5.78 Å². The average Bonchev–Trinajstić information content (AvgIpc) is 2.47. The molecule has 0 amide bonds. The summed E-state index contributed by atoms with van der Waals surface area (Å²) in [6.07, 6.45) is 0.863. The van der Waals surface area contributed by atoms with E-state index >= 15 is 0 Å². The number of morpholine rings is 1. The average molecular weight is 263 g/mol. The zero-order chi connectivity index (χ0) is 13.7. The molecule has 1 fully saturated rings. The molecule has 0 aliphatic carbocycles. The van der Waals surface area contributed by atoms with Crippen LogP contribution in [0, 0.1) is 0 Å². The van der Waals surface area contributed by atoms with Gasteiger partial charge in [-0.15, -0.1) is 0 Å². The highest BCUT2D eigenvalue weighted by Crippen LogP contribution is 2.20. The van der Waals surface area contributed by atoms with Crippen LogP contribution >= 0.6 is 0 Å². The largest absolute Gasteiger partial charge is 0.496 e. The van der Waals surface area contributed by atoms with Gasteiger partial charge in [-0.2, -0.15) is 0 Å². The molecule has 1 aliphatic heterocycles. The lowest BCUT2D eigenvalue weighted by Gasteiger charge is -2.25. The number of benzene rings is 1. The van der Waals surface area contributed by atoms with E-state index in [4.69, 9.17) is 9.47 Å². The summed E-state index contributed by atoms with van der Waals surface area (Å²) in [4.78, 5) is 14.4. The predicted octanol–water partition coefficient (Wildman–Crippen LogP) is 1.77. The molecule has 0 N–H and O–H groups in total. The van der Waals surface area contributed by atoms with Gasteiger partial charge in [-0.3, -0.25) is 9.69 Å². The lowest BCUT2D eigenvalue weighted by Crippen LogP contribution is -2.39. The number of Topliss-reactive ketones (excluding diaryl/α,β-unsaturated/α-hetero) is 1. The Hall–Kier alpha value is -1.39. The van der Waals surface area contributed by atoms with Crippen molar-refractivity contribution < 1.29 is 14.3 Å². The first-order valence-electron chi connectivity index (χ1n) is 6.74. The van der Waals surface area contributed by atoms with E-state index < -0.39 is 0 Å². The first-order valence-corrected chi connectivity index (χ1v) is 6.74. The molecule has 0 radical (unpaired) electrons. The van der Waals surface area contributed by atoms with Crippen molar-refractivity contribution in [3.05, 3.63) is 29.3 Å². The molecule has 4 nitrogen and oxygen atoms in total. The molecule has 0 spiro atoms. The SMILES string of the molecule is CCc1cc(C(=O)CN2CCOCC2)ccc1OC. The van der Waals surface area contributed by atoms with Gasteiger partial charge in [0.1, 0.15) is 5.75 Å². The molecular formula is C15H21NO3. The Morgan fingerprint density at radius 1 is 1.37 bits per heavy atom. The van der Waals surface area contributed by atoms with Gasteiger partial charge >= 0.3 is 0 Å². The number of hydrogen-bond acceptors (Lipinski definition) is 4. The van der Waals surface area contributed by atoms with Crippen LogP contribution in [0.5, 0.6) is 5.75 Å². The van der Waals surface area contributed by atoms with Crippen molar-refractivity contribution in [1.82, 2.24) is 4.90 Å². The topological polar surface area (TPSA) is 38.8 Å². The van der Waals surface area contributed by atoms with Crippen LogP contribution in [0.2, 0.25) is 0 Å². The van der Waals surface area contributed by atoms with Crippen LogP contribution in [0.25, 0.3) is 0 Å². The van der Waals surface area contributed by atoms with E-state index in [-0.39, 0.29) is 5.78 Å². The van der Waals surface area contributed by atoms with E-state index in [9.17, 15) is 4.79 Å². The summed E-state index contributed by atoms with van der Waals surface area (Å²) >= 11 is 0. The number of carbonyl (C=O) groups excluding carboxylic acids is 1. The molecule has 1 saturated heterocycles. The first-order chi connectivity index (χ1) is 9.24. The molecule has 104 valence electrons. The quantitative estimate of drug-likeness (QED) is 0.759. The maximum absolute atomic E-state index is 12.3. The number of rotatable bonds is 5. The number of carbonyl (C=O) groups is 1. The highest BCUT2D eigenvalue weighted by molar-refractivity contribution is 5.98. The minimum absolute atomic E-state index is 0.166. The molecule has 4 heteroatoms. The number of ether oxygens (including phenoxy) is 2. The summed E-state index contributed by atoms with van der Waals surface area (Å²) < 4.78 is 10.6. The summed E-state index contributed by atoms with van der Waals surface area (Å²) in [6, 6.07) is 5.67. The Balaban J connectivity index is 2.05. The molecular weight excluding hydrogens is 242 g/mol. The molecule has 19 heavy (non-hydrogen) atoms. The van der Waals surface area contributed by atoms with Crippen molar-refractivity contribution in [2.45, 2.75) is 13.3 Å². The van der Waals surface area contributed by atoms with Crippen LogP contribution in [0.1, 0.15) is 22.8 Å². The van der Waals surface area contributed by atoms with Gasteiger partial charge in [0, 0.05) is 18.7 Å². The second-order valence-corrected chi connectivity index (χ2v) is 4.69. The minimum atomic E-state index is 0.166. The fourth-order valence-electron chi connectivity index (χ4n) is 2.28. The fourth-order valence-corrected chi connectivity index (χ4v) is 2.28. The Morgan fingerprint density at radius 2 is 2.11 bits per heavy atom. The van der Waals surface area contributed by atoms with Gasteiger partial charge in [-0.25, -0.2) is 0 Å². The summed E-state index contributed by atoms with van der Waals surface area (Å²) in [7, 11) is 1.66. The van der Waals surface area contributed by atoms with Crippen LogP contribution in [-0.4, -0.2) is 50.6 Å². The molecule has 0 atom stereocenters. The van der Waals surface area contributed by atoms with Gasteiger partial charge in [0.05, 0.1) is 26.9 Å². The Kier molecular flexibility index (Phi) is 4.93. The molecule has 0 saturated carbocycles. The maximum Gasteiger partial charge on any atom is 0.176 e. The zero-order valence-electron chi connectivity index (χ0n) is 11.6. The van der Waals surface area contributed by atoms with Gasteiger partial charge in [-0.1, -0.05) is 6.92 Å². The zero-order valence-corrected chi connectivity index (χ0v) is 11.6. The predicted molar refractivity (Wildman–Crippen MR) is 74.0 cm³/mol. The van der Waals surface area contributed by atoms with E-state index in [2.05, 4.69) is 11.8 Å². The Morgan fingerprint density at radius 3 is 2.74 bits per heavy atom. The molecule has 1 heterocycles. The standard InChI is InChI=1S/C15H21NO3/c1-3-12-10-13(4-5-15(12)18-2)14(17)11-16-6-8-19-9-7-16/h4-5,10H,3,6-9,11H2,1-2H3. The number of ketones is 1. The van der Waals surface area contributed by atoms with Gasteiger partial charge in [-0.05, 0) is 30.2 Å². The summed E-state index contributed by atoms with van der Waals surface area (Å²) in [5.41, 5.74) is 1.85. The Labute approximate surface area is 114 Å². The van der Waals surface area contributed by atoms with E-state index in [1.807, 2.05) is 18.2 Å². The smallest absolute Gasteiger partial charge is 0.176 e. The second-order valence-electron chi connectivity index (χ2n) is 4.69. The summed E-state index contributed by atoms with van der Waals surface area (Å²) in [5.74, 6) is 1.02. The number of aryl methyl sites for hydroxylation is 1. The number of methoxy groups -OCH3 is 1. The minimum Gasteiger partial charge on any atom is -0.496 e. The third kappa shape index (κ3) is 3.55. The third-order valence-electron chi connectivity index (χ3n) is 3.45. The monoisotopic (exact) mass is 263 g/mol. The maximum atomic E-state index is 12.3. The van der Waals surface area contributed by atoms with Crippen molar-refractivity contribution in [3.63, 3.8) is 0 Å². The van der Waals surface area contributed by atoms with E-state index in [0.29, 0.717) is 6.54 Å². The summed E-state index contributed by atoms with van der Waals surface area (Å²) in [6.45, 7) is 5.64.